The van der Waals surface area contributed by atoms with Crippen LogP contribution in [0.1, 0.15) is 6.42 Å². The molecule has 1 fully saturated rings. The largest absolute Gasteiger partial charge is 0.453 e. The van der Waals surface area contributed by atoms with E-state index in [-0.39, 0.29) is 12.2 Å². The smallest absolute Gasteiger partial charge is 0.409 e. The van der Waals surface area contributed by atoms with Crippen LogP contribution in [0.4, 0.5) is 4.79 Å². The molecular formula is C8H14NO3. The minimum Gasteiger partial charge on any atom is -0.453 e. The van der Waals surface area contributed by atoms with Crippen LogP contribution in [-0.2, 0) is 9.47 Å². The van der Waals surface area contributed by atoms with Crippen molar-refractivity contribution in [2.24, 2.45) is 0 Å². The first kappa shape index (κ1) is 9.32. The first-order valence-corrected chi connectivity index (χ1v) is 3.97. The molecule has 0 N–H and O–H groups in total. The van der Waals surface area contributed by atoms with Crippen molar-refractivity contribution in [3.05, 3.63) is 6.42 Å². The summed E-state index contributed by atoms with van der Waals surface area (Å²) < 4.78 is 9.70. The minimum absolute atomic E-state index is 0.186. The number of piperidine rings is 1. The Balaban J connectivity index is 2.30. The van der Waals surface area contributed by atoms with Crippen molar-refractivity contribution in [2.45, 2.75) is 12.5 Å². The van der Waals surface area contributed by atoms with Crippen molar-refractivity contribution in [3.8, 4) is 0 Å². The number of hydrogen-bond donors (Lipinski definition) is 0. The first-order chi connectivity index (χ1) is 5.77. The molecular weight excluding hydrogens is 158 g/mol. The first-order valence-electron chi connectivity index (χ1n) is 3.97. The van der Waals surface area contributed by atoms with Crippen molar-refractivity contribution in [2.75, 3.05) is 27.3 Å². The molecule has 0 aromatic carbocycles. The third kappa shape index (κ3) is 2.11. The van der Waals surface area contributed by atoms with Crippen molar-refractivity contribution < 1.29 is 14.3 Å². The normalized spacial score (nSPS) is 19.3. The maximum Gasteiger partial charge on any atom is 0.409 e. The predicted molar refractivity (Wildman–Crippen MR) is 43.7 cm³/mol. The summed E-state index contributed by atoms with van der Waals surface area (Å²) in [5, 5.41) is 0. The lowest BCUT2D eigenvalue weighted by atomic mass is 10.1. The topological polar surface area (TPSA) is 38.8 Å². The SMILES string of the molecule is COC(=O)N1C[CH][C@@H](OC)CC1. The summed E-state index contributed by atoms with van der Waals surface area (Å²) in [5.41, 5.74) is 0. The standard InChI is InChI=1S/C8H14NO3/c1-11-7-3-5-9(6-4-7)8(10)12-2/h3,7H,4-6H2,1-2H3/t7-/m1/s1. The van der Waals surface area contributed by atoms with E-state index < -0.39 is 0 Å². The second-order valence-corrected chi connectivity index (χ2v) is 2.71. The van der Waals surface area contributed by atoms with Crippen LogP contribution in [0.5, 0.6) is 0 Å². The Kier molecular flexibility index (Phi) is 3.34. The Morgan fingerprint density at radius 2 is 2.33 bits per heavy atom. The van der Waals surface area contributed by atoms with Crippen LogP contribution >= 0.6 is 0 Å². The van der Waals surface area contributed by atoms with Gasteiger partial charge in [0.1, 0.15) is 0 Å². The summed E-state index contributed by atoms with van der Waals surface area (Å²) >= 11 is 0. The average molecular weight is 172 g/mol. The van der Waals surface area contributed by atoms with Gasteiger partial charge in [0, 0.05) is 26.6 Å². The summed E-state index contributed by atoms with van der Waals surface area (Å²) in [6.45, 7) is 1.33. The van der Waals surface area contributed by atoms with Gasteiger partial charge in [-0.25, -0.2) is 4.79 Å². The van der Waals surface area contributed by atoms with Crippen LogP contribution in [-0.4, -0.2) is 44.4 Å². The molecule has 0 aromatic heterocycles. The van der Waals surface area contributed by atoms with E-state index in [1.165, 1.54) is 7.11 Å². The van der Waals surface area contributed by atoms with Gasteiger partial charge in [-0.05, 0) is 6.42 Å². The highest BCUT2D eigenvalue weighted by atomic mass is 16.5. The van der Waals surface area contributed by atoms with E-state index in [0.717, 1.165) is 6.42 Å². The van der Waals surface area contributed by atoms with Gasteiger partial charge in [-0.15, -0.1) is 0 Å². The molecule has 4 heteroatoms. The van der Waals surface area contributed by atoms with Gasteiger partial charge in [0.15, 0.2) is 0 Å². The van der Waals surface area contributed by atoms with E-state index in [1.807, 2.05) is 6.42 Å². The molecule has 1 aliphatic heterocycles. The third-order valence-electron chi connectivity index (χ3n) is 2.01. The molecule has 12 heavy (non-hydrogen) atoms. The molecule has 0 unspecified atom stereocenters. The highest BCUT2D eigenvalue weighted by Crippen LogP contribution is 2.12. The van der Waals surface area contributed by atoms with E-state index in [2.05, 4.69) is 4.74 Å². The van der Waals surface area contributed by atoms with Crippen molar-refractivity contribution in [1.82, 2.24) is 4.90 Å². The summed E-state index contributed by atoms with van der Waals surface area (Å²) in [6, 6.07) is 0. The maximum absolute atomic E-state index is 11.0. The number of hydrogen-bond acceptors (Lipinski definition) is 3. The predicted octanol–water partition coefficient (Wildman–Crippen LogP) is 0.678. The van der Waals surface area contributed by atoms with E-state index in [0.29, 0.717) is 13.1 Å². The quantitative estimate of drug-likeness (QED) is 0.583. The molecule has 1 amide bonds. The number of nitrogens with zero attached hydrogens (tertiary/aromatic N) is 1. The number of rotatable bonds is 1. The second kappa shape index (κ2) is 4.30. The number of carbonyl (C=O) groups is 1. The molecule has 0 spiro atoms. The van der Waals surface area contributed by atoms with Gasteiger partial charge in [0.2, 0.25) is 0 Å². The van der Waals surface area contributed by atoms with Gasteiger partial charge in [0.25, 0.3) is 0 Å². The van der Waals surface area contributed by atoms with Crippen LogP contribution in [0.15, 0.2) is 0 Å². The zero-order valence-electron chi connectivity index (χ0n) is 7.45. The zero-order chi connectivity index (χ0) is 8.97. The maximum atomic E-state index is 11.0. The zero-order valence-corrected chi connectivity index (χ0v) is 7.45. The summed E-state index contributed by atoms with van der Waals surface area (Å²) in [4.78, 5) is 12.7. The molecule has 1 saturated heterocycles. The molecule has 1 heterocycles. The lowest BCUT2D eigenvalue weighted by Gasteiger charge is -2.29. The molecule has 1 atom stereocenters. The minimum atomic E-state index is -0.263. The van der Waals surface area contributed by atoms with Crippen LogP contribution in [0.3, 0.4) is 0 Å². The Morgan fingerprint density at radius 3 is 2.75 bits per heavy atom. The van der Waals surface area contributed by atoms with E-state index in [1.54, 1.807) is 12.0 Å². The molecule has 1 radical (unpaired) electrons. The summed E-state index contributed by atoms with van der Waals surface area (Å²) in [5.74, 6) is 0. The fourth-order valence-electron chi connectivity index (χ4n) is 1.25. The fourth-order valence-corrected chi connectivity index (χ4v) is 1.25. The van der Waals surface area contributed by atoms with Crippen LogP contribution in [0.2, 0.25) is 0 Å². The second-order valence-electron chi connectivity index (χ2n) is 2.71. The number of carbonyl (C=O) groups excluding carboxylic acids is 1. The average Bonchev–Trinajstić information content (AvgIpc) is 2.17. The number of amides is 1. The van der Waals surface area contributed by atoms with Gasteiger partial charge in [-0.1, -0.05) is 0 Å². The van der Waals surface area contributed by atoms with Crippen LogP contribution in [0, 0.1) is 6.42 Å². The molecule has 1 aliphatic rings. The highest BCUT2D eigenvalue weighted by molar-refractivity contribution is 5.67. The molecule has 0 aromatic rings. The summed E-state index contributed by atoms with van der Waals surface area (Å²) in [6.07, 6.45) is 2.75. The lowest BCUT2D eigenvalue weighted by Crippen LogP contribution is -2.40. The van der Waals surface area contributed by atoms with Crippen molar-refractivity contribution >= 4 is 6.09 Å². The number of likely N-dealkylation sites (tertiary alicyclic amines) is 1. The third-order valence-corrected chi connectivity index (χ3v) is 2.01. The molecule has 0 saturated carbocycles. The monoisotopic (exact) mass is 172 g/mol. The van der Waals surface area contributed by atoms with E-state index in [4.69, 9.17) is 4.74 Å². The van der Waals surface area contributed by atoms with Crippen molar-refractivity contribution in [1.29, 1.82) is 0 Å². The van der Waals surface area contributed by atoms with Gasteiger partial charge < -0.3 is 14.4 Å². The lowest BCUT2D eigenvalue weighted by molar-refractivity contribution is 0.0691. The Labute approximate surface area is 72.4 Å². The van der Waals surface area contributed by atoms with Crippen molar-refractivity contribution in [3.63, 3.8) is 0 Å². The molecule has 1 rings (SSSR count). The van der Waals surface area contributed by atoms with Crippen LogP contribution < -0.4 is 0 Å². The van der Waals surface area contributed by atoms with E-state index in [9.17, 15) is 4.79 Å². The number of ether oxygens (including phenoxy) is 2. The fraction of sp³-hybridized carbons (Fsp3) is 0.750. The van der Waals surface area contributed by atoms with Crippen LogP contribution in [0.25, 0.3) is 0 Å². The van der Waals surface area contributed by atoms with Gasteiger partial charge >= 0.3 is 6.09 Å². The van der Waals surface area contributed by atoms with Gasteiger partial charge in [-0.2, -0.15) is 0 Å². The molecule has 69 valence electrons. The Bertz CT molecular complexity index is 152. The molecule has 0 aliphatic carbocycles. The van der Waals surface area contributed by atoms with Gasteiger partial charge in [0.05, 0.1) is 13.2 Å². The Hall–Kier alpha value is -0.770. The number of methoxy groups -OCH3 is 2. The Morgan fingerprint density at radius 1 is 1.58 bits per heavy atom. The highest BCUT2D eigenvalue weighted by Gasteiger charge is 2.22. The molecule has 0 bridgehead atoms. The van der Waals surface area contributed by atoms with Gasteiger partial charge in [-0.3, -0.25) is 0 Å². The summed E-state index contributed by atoms with van der Waals surface area (Å²) in [7, 11) is 3.07. The van der Waals surface area contributed by atoms with E-state index >= 15 is 0 Å². The molecule has 4 nitrogen and oxygen atoms in total.